The maximum Gasteiger partial charge on any atom is 0.339 e. The second kappa shape index (κ2) is 5.14. The number of rotatable bonds is 3. The van der Waals surface area contributed by atoms with Gasteiger partial charge in [0.25, 0.3) is 5.88 Å². The first-order valence-corrected chi connectivity index (χ1v) is 5.35. The highest BCUT2D eigenvalue weighted by atomic mass is 16.5. The minimum absolute atomic E-state index is 0.00194. The van der Waals surface area contributed by atoms with Gasteiger partial charge < -0.3 is 9.84 Å². The summed E-state index contributed by atoms with van der Waals surface area (Å²) in [6, 6.07) is 6.59. The highest BCUT2D eigenvalue weighted by Gasteiger charge is 2.16. The average molecular weight is 255 g/mol. The van der Waals surface area contributed by atoms with Crippen LogP contribution in [-0.4, -0.2) is 21.0 Å². The number of carboxylic acids is 1. The van der Waals surface area contributed by atoms with Gasteiger partial charge in [0.05, 0.1) is 0 Å². The van der Waals surface area contributed by atoms with E-state index < -0.39 is 5.97 Å². The Morgan fingerprint density at radius 1 is 1.37 bits per heavy atom. The van der Waals surface area contributed by atoms with Crippen molar-refractivity contribution in [3.8, 4) is 17.7 Å². The SMILES string of the molecule is Cc1cccc(C(=O)O)c1Oc1nccnc1C#N. The number of carboxylic acid groups (broad SMARTS) is 1. The van der Waals surface area contributed by atoms with Crippen LogP contribution in [0.4, 0.5) is 0 Å². The van der Waals surface area contributed by atoms with Crippen LogP contribution in [0.1, 0.15) is 21.6 Å². The molecule has 19 heavy (non-hydrogen) atoms. The standard InChI is InChI=1S/C13H9N3O3/c1-8-3-2-4-9(13(17)18)11(8)19-12-10(7-14)15-5-6-16-12/h2-6H,1H3,(H,17,18). The lowest BCUT2D eigenvalue weighted by atomic mass is 10.1. The fraction of sp³-hybridized carbons (Fsp3) is 0.0769. The van der Waals surface area contributed by atoms with Gasteiger partial charge in [0, 0.05) is 12.4 Å². The number of ether oxygens (including phenoxy) is 1. The summed E-state index contributed by atoms with van der Waals surface area (Å²) in [7, 11) is 0. The van der Waals surface area contributed by atoms with E-state index in [0.29, 0.717) is 5.56 Å². The number of nitriles is 1. The van der Waals surface area contributed by atoms with Crippen LogP contribution in [0.25, 0.3) is 0 Å². The molecule has 1 aromatic heterocycles. The zero-order chi connectivity index (χ0) is 13.8. The predicted molar refractivity (Wildman–Crippen MR) is 65.0 cm³/mol. The topological polar surface area (TPSA) is 96.1 Å². The molecule has 0 amide bonds. The Labute approximate surface area is 108 Å². The van der Waals surface area contributed by atoms with Gasteiger partial charge >= 0.3 is 5.97 Å². The summed E-state index contributed by atoms with van der Waals surface area (Å²) in [6.45, 7) is 1.71. The Morgan fingerprint density at radius 2 is 2.11 bits per heavy atom. The summed E-state index contributed by atoms with van der Waals surface area (Å²) in [5.74, 6) is -0.963. The van der Waals surface area contributed by atoms with Gasteiger partial charge in [-0.2, -0.15) is 5.26 Å². The number of hydrogen-bond donors (Lipinski definition) is 1. The van der Waals surface area contributed by atoms with Crippen molar-refractivity contribution in [2.45, 2.75) is 6.92 Å². The lowest BCUT2D eigenvalue weighted by molar-refractivity contribution is 0.0694. The predicted octanol–water partition coefficient (Wildman–Crippen LogP) is 2.15. The van der Waals surface area contributed by atoms with E-state index in [9.17, 15) is 4.79 Å². The van der Waals surface area contributed by atoms with Crippen molar-refractivity contribution in [3.05, 3.63) is 47.4 Å². The maximum absolute atomic E-state index is 11.1. The summed E-state index contributed by atoms with van der Waals surface area (Å²) < 4.78 is 5.45. The van der Waals surface area contributed by atoms with Gasteiger partial charge in [0.2, 0.25) is 5.69 Å². The van der Waals surface area contributed by atoms with Crippen LogP contribution in [0.3, 0.4) is 0 Å². The molecule has 0 spiro atoms. The van der Waals surface area contributed by atoms with Crippen LogP contribution in [0, 0.1) is 18.3 Å². The van der Waals surface area contributed by atoms with E-state index in [2.05, 4.69) is 9.97 Å². The molecule has 1 aromatic carbocycles. The number of aromatic nitrogens is 2. The normalized spacial score (nSPS) is 9.68. The summed E-state index contributed by atoms with van der Waals surface area (Å²) in [5.41, 5.74) is 0.645. The lowest BCUT2D eigenvalue weighted by Crippen LogP contribution is -2.03. The van der Waals surface area contributed by atoms with Crippen LogP contribution in [0.15, 0.2) is 30.6 Å². The van der Waals surface area contributed by atoms with Gasteiger partial charge in [-0.25, -0.2) is 14.8 Å². The molecule has 0 fully saturated rings. The first-order chi connectivity index (χ1) is 9.13. The lowest BCUT2D eigenvalue weighted by Gasteiger charge is -2.10. The largest absolute Gasteiger partial charge is 0.478 e. The molecule has 0 saturated carbocycles. The average Bonchev–Trinajstić information content (AvgIpc) is 2.41. The molecule has 0 atom stereocenters. The van der Waals surface area contributed by atoms with Crippen molar-refractivity contribution in [1.82, 2.24) is 9.97 Å². The molecule has 0 unspecified atom stereocenters. The smallest absolute Gasteiger partial charge is 0.339 e. The Morgan fingerprint density at radius 3 is 2.79 bits per heavy atom. The fourth-order valence-electron chi connectivity index (χ4n) is 1.53. The van der Waals surface area contributed by atoms with Gasteiger partial charge in [0.1, 0.15) is 17.4 Å². The van der Waals surface area contributed by atoms with Crippen molar-refractivity contribution in [2.24, 2.45) is 0 Å². The number of hydrogen-bond acceptors (Lipinski definition) is 5. The zero-order valence-corrected chi connectivity index (χ0v) is 9.99. The van der Waals surface area contributed by atoms with E-state index >= 15 is 0 Å². The van der Waals surface area contributed by atoms with E-state index in [1.807, 2.05) is 6.07 Å². The van der Waals surface area contributed by atoms with Gasteiger partial charge in [0.15, 0.2) is 0 Å². The van der Waals surface area contributed by atoms with Gasteiger partial charge in [-0.1, -0.05) is 12.1 Å². The van der Waals surface area contributed by atoms with E-state index in [4.69, 9.17) is 15.1 Å². The fourth-order valence-corrected chi connectivity index (χ4v) is 1.53. The molecule has 0 aliphatic carbocycles. The van der Waals surface area contributed by atoms with Crippen LogP contribution >= 0.6 is 0 Å². The Kier molecular flexibility index (Phi) is 3.39. The Balaban J connectivity index is 2.50. The van der Waals surface area contributed by atoms with Gasteiger partial charge in [-0.05, 0) is 18.6 Å². The van der Waals surface area contributed by atoms with E-state index in [0.717, 1.165) is 0 Å². The molecule has 94 valence electrons. The quantitative estimate of drug-likeness (QED) is 0.902. The molecule has 0 aliphatic rings. The highest BCUT2D eigenvalue weighted by Crippen LogP contribution is 2.28. The van der Waals surface area contributed by atoms with Crippen molar-refractivity contribution in [1.29, 1.82) is 5.26 Å². The molecule has 6 nitrogen and oxygen atoms in total. The van der Waals surface area contributed by atoms with Crippen molar-refractivity contribution >= 4 is 5.97 Å². The summed E-state index contributed by atoms with van der Waals surface area (Å²) in [6.07, 6.45) is 2.73. The minimum atomic E-state index is -1.11. The highest BCUT2D eigenvalue weighted by molar-refractivity contribution is 5.91. The van der Waals surface area contributed by atoms with Gasteiger partial charge in [-0.3, -0.25) is 0 Å². The molecular weight excluding hydrogens is 246 g/mol. The molecule has 2 aromatic rings. The van der Waals surface area contributed by atoms with Crippen LogP contribution in [0.5, 0.6) is 11.6 Å². The number of nitrogens with zero attached hydrogens (tertiary/aromatic N) is 3. The zero-order valence-electron chi connectivity index (χ0n) is 9.99. The molecule has 0 bridgehead atoms. The Bertz CT molecular complexity index is 677. The van der Waals surface area contributed by atoms with Crippen molar-refractivity contribution < 1.29 is 14.6 Å². The third kappa shape index (κ3) is 2.50. The monoisotopic (exact) mass is 255 g/mol. The molecule has 2 rings (SSSR count). The van der Waals surface area contributed by atoms with Crippen LogP contribution in [-0.2, 0) is 0 Å². The summed E-state index contributed by atoms with van der Waals surface area (Å²) in [4.78, 5) is 18.8. The molecule has 0 saturated heterocycles. The van der Waals surface area contributed by atoms with Gasteiger partial charge in [-0.15, -0.1) is 0 Å². The molecule has 1 heterocycles. The summed E-state index contributed by atoms with van der Waals surface area (Å²) in [5, 5.41) is 18.0. The van der Waals surface area contributed by atoms with Crippen molar-refractivity contribution in [3.63, 3.8) is 0 Å². The molecule has 1 N–H and O–H groups in total. The maximum atomic E-state index is 11.1. The third-order valence-corrected chi connectivity index (χ3v) is 2.41. The minimum Gasteiger partial charge on any atom is -0.478 e. The van der Waals surface area contributed by atoms with E-state index in [1.165, 1.54) is 18.5 Å². The van der Waals surface area contributed by atoms with E-state index in [1.54, 1.807) is 19.1 Å². The number of carbonyl (C=O) groups is 1. The van der Waals surface area contributed by atoms with Crippen LogP contribution < -0.4 is 4.74 Å². The molecule has 0 radical (unpaired) electrons. The van der Waals surface area contributed by atoms with Crippen LogP contribution in [0.2, 0.25) is 0 Å². The number of benzene rings is 1. The van der Waals surface area contributed by atoms with Crippen molar-refractivity contribution in [2.75, 3.05) is 0 Å². The first-order valence-electron chi connectivity index (χ1n) is 5.35. The Hall–Kier alpha value is -2.94. The molecular formula is C13H9N3O3. The first kappa shape index (κ1) is 12.5. The second-order valence-electron chi connectivity index (χ2n) is 3.68. The molecule has 0 aliphatic heterocycles. The number of para-hydroxylation sites is 1. The number of aromatic carboxylic acids is 1. The third-order valence-electron chi connectivity index (χ3n) is 2.41. The number of aryl methyl sites for hydroxylation is 1. The second-order valence-corrected chi connectivity index (χ2v) is 3.68. The summed E-state index contributed by atoms with van der Waals surface area (Å²) >= 11 is 0. The van der Waals surface area contributed by atoms with E-state index in [-0.39, 0.29) is 22.9 Å². The molecule has 6 heteroatoms.